The molecule has 6 heteroatoms. The fourth-order valence-electron chi connectivity index (χ4n) is 2.48. The zero-order chi connectivity index (χ0) is 14.3. The lowest BCUT2D eigenvalue weighted by molar-refractivity contribution is 0.108. The molecule has 0 radical (unpaired) electrons. The molecular weight excluding hydrogens is 264 g/mol. The van der Waals surface area contributed by atoms with Crippen LogP contribution in [-0.4, -0.2) is 45.3 Å². The SMILES string of the molecule is CN(CC(O)Cn1cnc2cc(F)c(F)cc21)C1CC1. The number of imidazole rings is 1. The van der Waals surface area contributed by atoms with Crippen molar-refractivity contribution in [1.82, 2.24) is 14.5 Å². The van der Waals surface area contributed by atoms with Crippen LogP contribution < -0.4 is 0 Å². The highest BCUT2D eigenvalue weighted by Crippen LogP contribution is 2.25. The molecule has 0 bridgehead atoms. The number of halogens is 2. The van der Waals surface area contributed by atoms with Gasteiger partial charge in [-0.1, -0.05) is 0 Å². The molecule has 2 aromatic rings. The lowest BCUT2D eigenvalue weighted by Gasteiger charge is -2.20. The van der Waals surface area contributed by atoms with Gasteiger partial charge in [-0.25, -0.2) is 13.8 Å². The summed E-state index contributed by atoms with van der Waals surface area (Å²) in [6.07, 6.45) is 3.30. The summed E-state index contributed by atoms with van der Waals surface area (Å²) in [6.45, 7) is 0.882. The van der Waals surface area contributed by atoms with Crippen LogP contribution in [-0.2, 0) is 6.54 Å². The summed E-state index contributed by atoms with van der Waals surface area (Å²) in [5.74, 6) is -1.80. The quantitative estimate of drug-likeness (QED) is 0.908. The second-order valence-electron chi connectivity index (χ2n) is 5.48. The summed E-state index contributed by atoms with van der Waals surface area (Å²) < 4.78 is 28.0. The Labute approximate surface area is 115 Å². The highest BCUT2D eigenvalue weighted by molar-refractivity contribution is 5.75. The first kappa shape index (κ1) is 13.5. The zero-order valence-corrected chi connectivity index (χ0v) is 11.3. The van der Waals surface area contributed by atoms with Gasteiger partial charge in [0.05, 0.1) is 30.0 Å². The fraction of sp³-hybridized carbons (Fsp3) is 0.500. The lowest BCUT2D eigenvalue weighted by atomic mass is 10.2. The topological polar surface area (TPSA) is 41.3 Å². The normalized spacial score (nSPS) is 17.1. The second kappa shape index (κ2) is 5.10. The van der Waals surface area contributed by atoms with Crippen LogP contribution in [0.5, 0.6) is 0 Å². The van der Waals surface area contributed by atoms with Crippen molar-refractivity contribution in [2.75, 3.05) is 13.6 Å². The summed E-state index contributed by atoms with van der Waals surface area (Å²) in [5, 5.41) is 10.1. The highest BCUT2D eigenvalue weighted by atomic mass is 19.2. The number of hydrogen-bond donors (Lipinski definition) is 1. The van der Waals surface area contributed by atoms with Gasteiger partial charge in [-0.15, -0.1) is 0 Å². The van der Waals surface area contributed by atoms with Crippen molar-refractivity contribution in [2.45, 2.75) is 31.5 Å². The number of benzene rings is 1. The Balaban J connectivity index is 1.74. The standard InChI is InChI=1S/C14H17F2N3O/c1-18(9-2-3-9)6-10(20)7-19-8-17-13-4-11(15)12(16)5-14(13)19/h4-5,8-10,20H,2-3,6-7H2,1H3. The Morgan fingerprint density at radius 2 is 2.10 bits per heavy atom. The van der Waals surface area contributed by atoms with E-state index in [1.807, 2.05) is 7.05 Å². The predicted molar refractivity (Wildman–Crippen MR) is 71.3 cm³/mol. The number of fused-ring (bicyclic) bond motifs is 1. The molecule has 0 aliphatic heterocycles. The van der Waals surface area contributed by atoms with Gasteiger partial charge in [-0.2, -0.15) is 0 Å². The van der Waals surface area contributed by atoms with Gasteiger partial charge in [-0.05, 0) is 19.9 Å². The van der Waals surface area contributed by atoms with Crippen molar-refractivity contribution < 1.29 is 13.9 Å². The van der Waals surface area contributed by atoms with Crippen molar-refractivity contribution in [1.29, 1.82) is 0 Å². The van der Waals surface area contributed by atoms with Crippen LogP contribution >= 0.6 is 0 Å². The average Bonchev–Trinajstić information content (AvgIpc) is 3.17. The third kappa shape index (κ3) is 2.66. The number of aliphatic hydroxyl groups excluding tert-OH is 1. The Hall–Kier alpha value is -1.53. The molecule has 0 saturated heterocycles. The monoisotopic (exact) mass is 281 g/mol. The summed E-state index contributed by atoms with van der Waals surface area (Å²) in [4.78, 5) is 6.16. The van der Waals surface area contributed by atoms with Crippen LogP contribution in [0.3, 0.4) is 0 Å². The molecular formula is C14H17F2N3O. The van der Waals surface area contributed by atoms with E-state index in [4.69, 9.17) is 0 Å². The number of hydrogen-bond acceptors (Lipinski definition) is 3. The fourth-order valence-corrected chi connectivity index (χ4v) is 2.48. The smallest absolute Gasteiger partial charge is 0.161 e. The third-order valence-corrected chi connectivity index (χ3v) is 3.74. The molecule has 1 aromatic heterocycles. The summed E-state index contributed by atoms with van der Waals surface area (Å²) >= 11 is 0. The van der Waals surface area contributed by atoms with Gasteiger partial charge < -0.3 is 14.6 Å². The maximum atomic E-state index is 13.3. The molecule has 1 atom stereocenters. The van der Waals surface area contributed by atoms with Gasteiger partial charge in [0.2, 0.25) is 0 Å². The number of rotatable bonds is 5. The van der Waals surface area contributed by atoms with E-state index in [1.54, 1.807) is 4.57 Å². The molecule has 1 heterocycles. The van der Waals surface area contributed by atoms with Crippen molar-refractivity contribution in [2.24, 2.45) is 0 Å². The molecule has 108 valence electrons. The lowest BCUT2D eigenvalue weighted by Crippen LogP contribution is -2.33. The van der Waals surface area contributed by atoms with Crippen LogP contribution in [0, 0.1) is 11.6 Å². The van der Waals surface area contributed by atoms with Gasteiger partial charge in [0.15, 0.2) is 11.6 Å². The molecule has 20 heavy (non-hydrogen) atoms. The molecule has 0 spiro atoms. The summed E-state index contributed by atoms with van der Waals surface area (Å²) in [7, 11) is 1.99. The van der Waals surface area contributed by atoms with Gasteiger partial charge in [0.25, 0.3) is 0 Å². The Bertz CT molecular complexity index is 624. The van der Waals surface area contributed by atoms with E-state index in [-0.39, 0.29) is 0 Å². The maximum absolute atomic E-state index is 13.3. The number of nitrogens with zero attached hydrogens (tertiary/aromatic N) is 3. The van der Waals surface area contributed by atoms with Crippen LogP contribution in [0.15, 0.2) is 18.5 Å². The minimum atomic E-state index is -0.906. The molecule has 1 aliphatic rings. The predicted octanol–water partition coefficient (Wildman–Crippen LogP) is 1.77. The second-order valence-corrected chi connectivity index (χ2v) is 5.48. The first-order chi connectivity index (χ1) is 9.54. The van der Waals surface area contributed by atoms with Gasteiger partial charge >= 0.3 is 0 Å². The van der Waals surface area contributed by atoms with Crippen molar-refractivity contribution in [3.05, 3.63) is 30.1 Å². The molecule has 1 N–H and O–H groups in total. The third-order valence-electron chi connectivity index (χ3n) is 3.74. The Morgan fingerprint density at radius 3 is 2.80 bits per heavy atom. The van der Waals surface area contributed by atoms with Crippen molar-refractivity contribution in [3.63, 3.8) is 0 Å². The molecule has 0 amide bonds. The van der Waals surface area contributed by atoms with E-state index in [9.17, 15) is 13.9 Å². The first-order valence-electron chi connectivity index (χ1n) is 6.73. The summed E-state index contributed by atoms with van der Waals surface area (Å²) in [6, 6.07) is 2.77. The molecule has 3 rings (SSSR count). The van der Waals surface area contributed by atoms with Crippen LogP contribution in [0.2, 0.25) is 0 Å². The number of likely N-dealkylation sites (N-methyl/N-ethyl adjacent to an activating group) is 1. The van der Waals surface area contributed by atoms with E-state index in [1.165, 1.54) is 19.2 Å². The van der Waals surface area contributed by atoms with E-state index < -0.39 is 17.7 Å². The minimum Gasteiger partial charge on any atom is -0.390 e. The van der Waals surface area contributed by atoms with E-state index in [0.29, 0.717) is 30.2 Å². The van der Waals surface area contributed by atoms with Gasteiger partial charge in [-0.3, -0.25) is 0 Å². The molecule has 1 saturated carbocycles. The van der Waals surface area contributed by atoms with Crippen LogP contribution in [0.1, 0.15) is 12.8 Å². The van der Waals surface area contributed by atoms with E-state index >= 15 is 0 Å². The largest absolute Gasteiger partial charge is 0.390 e. The highest BCUT2D eigenvalue weighted by Gasteiger charge is 2.27. The molecule has 4 nitrogen and oxygen atoms in total. The molecule has 1 unspecified atom stereocenters. The number of aromatic nitrogens is 2. The average molecular weight is 281 g/mol. The van der Waals surface area contributed by atoms with Gasteiger partial charge in [0, 0.05) is 24.7 Å². The van der Waals surface area contributed by atoms with E-state index in [0.717, 1.165) is 12.1 Å². The zero-order valence-electron chi connectivity index (χ0n) is 11.3. The van der Waals surface area contributed by atoms with Crippen LogP contribution in [0.4, 0.5) is 8.78 Å². The number of aliphatic hydroxyl groups is 1. The first-order valence-corrected chi connectivity index (χ1v) is 6.73. The van der Waals surface area contributed by atoms with Crippen molar-refractivity contribution >= 4 is 11.0 Å². The van der Waals surface area contributed by atoms with E-state index in [2.05, 4.69) is 9.88 Å². The Morgan fingerprint density at radius 1 is 1.40 bits per heavy atom. The minimum absolute atomic E-state index is 0.318. The molecule has 1 fully saturated rings. The maximum Gasteiger partial charge on any atom is 0.161 e. The Kier molecular flexibility index (Phi) is 3.43. The molecule has 1 aromatic carbocycles. The summed E-state index contributed by atoms with van der Waals surface area (Å²) in [5.41, 5.74) is 0.892. The van der Waals surface area contributed by atoms with Gasteiger partial charge in [0.1, 0.15) is 0 Å². The van der Waals surface area contributed by atoms with Crippen LogP contribution in [0.25, 0.3) is 11.0 Å². The van der Waals surface area contributed by atoms with Crippen molar-refractivity contribution in [3.8, 4) is 0 Å². The molecule has 1 aliphatic carbocycles.